The Morgan fingerprint density at radius 3 is 2.46 bits per heavy atom. The van der Waals surface area contributed by atoms with Crippen LogP contribution in [-0.4, -0.2) is 88.2 Å². The van der Waals surface area contributed by atoms with Gasteiger partial charge in [-0.2, -0.15) is 4.52 Å². The summed E-state index contributed by atoms with van der Waals surface area (Å²) >= 11 is 1.53. The highest BCUT2D eigenvalue weighted by Crippen LogP contribution is 2.34. The Morgan fingerprint density at radius 1 is 0.978 bits per heavy atom. The van der Waals surface area contributed by atoms with Gasteiger partial charge in [-0.15, -0.1) is 16.4 Å². The quantitative estimate of drug-likeness (QED) is 0.216. The van der Waals surface area contributed by atoms with Gasteiger partial charge in [0.2, 0.25) is 5.91 Å². The molecule has 0 radical (unpaired) electrons. The van der Waals surface area contributed by atoms with Crippen molar-refractivity contribution in [3.8, 4) is 17.0 Å². The fourth-order valence-electron chi connectivity index (χ4n) is 6.39. The SMILES string of the molecule is CCc1nc2ccc(N3CCN(C4CCN(Cc5ccc(OC)cc5)C4=O)CC3)nn2c1N(C)c1nc(-c2ccc(F)cc2)cs1. The van der Waals surface area contributed by atoms with Crippen LogP contribution in [0.4, 0.5) is 21.2 Å². The minimum atomic E-state index is -0.266. The highest BCUT2D eigenvalue weighted by atomic mass is 32.1. The number of carbonyl (C=O) groups excluding carboxylic acids is 1. The van der Waals surface area contributed by atoms with Crippen molar-refractivity contribution in [2.24, 2.45) is 0 Å². The summed E-state index contributed by atoms with van der Waals surface area (Å²) in [6.45, 7) is 6.66. The first kappa shape index (κ1) is 30.1. The molecule has 1 atom stereocenters. The van der Waals surface area contributed by atoms with Gasteiger partial charge in [-0.05, 0) is 66.9 Å². The summed E-state index contributed by atoms with van der Waals surface area (Å²) in [5.74, 6) is 2.53. The number of aryl methyl sites for hydroxylation is 1. The predicted octanol–water partition coefficient (Wildman–Crippen LogP) is 5.25. The molecule has 10 nitrogen and oxygen atoms in total. The number of likely N-dealkylation sites (tertiary alicyclic amines) is 1. The number of thiazole rings is 1. The largest absolute Gasteiger partial charge is 0.497 e. The van der Waals surface area contributed by atoms with Crippen LogP contribution in [0.3, 0.4) is 0 Å². The number of hydrogen-bond donors (Lipinski definition) is 0. The van der Waals surface area contributed by atoms with Gasteiger partial charge in [-0.1, -0.05) is 19.1 Å². The zero-order valence-electron chi connectivity index (χ0n) is 26.3. The molecule has 3 aromatic heterocycles. The molecule has 2 aliphatic rings. The van der Waals surface area contributed by atoms with Crippen LogP contribution in [0.1, 0.15) is 24.6 Å². The third kappa shape index (κ3) is 5.78. The van der Waals surface area contributed by atoms with E-state index in [9.17, 15) is 9.18 Å². The highest BCUT2D eigenvalue weighted by molar-refractivity contribution is 7.14. The Hall–Kier alpha value is -4.55. The van der Waals surface area contributed by atoms with Crippen molar-refractivity contribution >= 4 is 39.7 Å². The van der Waals surface area contributed by atoms with Crippen LogP contribution in [0.25, 0.3) is 16.9 Å². The van der Waals surface area contributed by atoms with Crippen molar-refractivity contribution < 1.29 is 13.9 Å². The van der Waals surface area contributed by atoms with Crippen LogP contribution in [0.15, 0.2) is 66.0 Å². The van der Waals surface area contributed by atoms with Gasteiger partial charge in [0.1, 0.15) is 17.4 Å². The van der Waals surface area contributed by atoms with Gasteiger partial charge in [0.25, 0.3) is 0 Å². The number of carbonyl (C=O) groups is 1. The third-order valence-corrected chi connectivity index (χ3v) is 9.88. The number of imidazole rings is 1. The summed E-state index contributed by atoms with van der Waals surface area (Å²) in [6.07, 6.45) is 1.60. The first-order chi connectivity index (χ1) is 22.4. The average Bonchev–Trinajstić information content (AvgIpc) is 3.82. The summed E-state index contributed by atoms with van der Waals surface area (Å²) in [4.78, 5) is 31.7. The molecule has 238 valence electrons. The smallest absolute Gasteiger partial charge is 0.240 e. The van der Waals surface area contributed by atoms with Crippen molar-refractivity contribution in [3.05, 3.63) is 83.1 Å². The summed E-state index contributed by atoms with van der Waals surface area (Å²) in [5, 5.41) is 7.86. The Morgan fingerprint density at radius 2 is 1.74 bits per heavy atom. The molecule has 0 aliphatic carbocycles. The zero-order valence-corrected chi connectivity index (χ0v) is 27.1. The molecule has 0 bridgehead atoms. The molecule has 1 unspecified atom stereocenters. The number of piperazine rings is 1. The van der Waals surface area contributed by atoms with E-state index in [2.05, 4.69) is 16.7 Å². The average molecular weight is 641 g/mol. The summed E-state index contributed by atoms with van der Waals surface area (Å²) in [5.41, 5.74) is 4.50. The number of anilines is 3. The monoisotopic (exact) mass is 640 g/mol. The number of methoxy groups -OCH3 is 1. The van der Waals surface area contributed by atoms with Gasteiger partial charge in [-0.25, -0.2) is 14.4 Å². The van der Waals surface area contributed by atoms with E-state index in [0.29, 0.717) is 6.54 Å². The fraction of sp³-hybridized carbons (Fsp3) is 0.353. The van der Waals surface area contributed by atoms with Crippen LogP contribution < -0.4 is 14.5 Å². The molecule has 2 saturated heterocycles. The van der Waals surface area contributed by atoms with E-state index in [0.717, 1.165) is 96.2 Å². The molecule has 2 aromatic carbocycles. The number of ether oxygens (including phenoxy) is 1. The van der Waals surface area contributed by atoms with Crippen LogP contribution in [0.5, 0.6) is 5.75 Å². The Balaban J connectivity index is 1.04. The van der Waals surface area contributed by atoms with Gasteiger partial charge >= 0.3 is 0 Å². The molecule has 2 fully saturated rings. The lowest BCUT2D eigenvalue weighted by Gasteiger charge is -2.37. The molecule has 0 spiro atoms. The number of hydrogen-bond acceptors (Lipinski definition) is 9. The van der Waals surface area contributed by atoms with E-state index < -0.39 is 0 Å². The van der Waals surface area contributed by atoms with Crippen molar-refractivity contribution in [2.75, 3.05) is 56.7 Å². The van der Waals surface area contributed by atoms with Gasteiger partial charge in [0.05, 0.1) is 24.5 Å². The van der Waals surface area contributed by atoms with E-state index in [1.165, 1.54) is 23.5 Å². The molecular weight excluding hydrogens is 603 g/mol. The molecule has 0 saturated carbocycles. The first-order valence-electron chi connectivity index (χ1n) is 15.7. The first-order valence-corrected chi connectivity index (χ1v) is 16.5. The van der Waals surface area contributed by atoms with Gasteiger partial charge < -0.3 is 19.4 Å². The lowest BCUT2D eigenvalue weighted by atomic mass is 10.1. The van der Waals surface area contributed by atoms with Crippen LogP contribution in [-0.2, 0) is 17.8 Å². The van der Waals surface area contributed by atoms with Crippen molar-refractivity contribution in [2.45, 2.75) is 32.4 Å². The number of rotatable bonds is 9. The maximum atomic E-state index is 13.5. The van der Waals surface area contributed by atoms with E-state index in [-0.39, 0.29) is 17.8 Å². The second kappa shape index (κ2) is 12.7. The minimum absolute atomic E-state index is 0.0741. The molecule has 46 heavy (non-hydrogen) atoms. The van der Waals surface area contributed by atoms with Crippen LogP contribution in [0, 0.1) is 5.82 Å². The molecule has 2 aliphatic heterocycles. The van der Waals surface area contributed by atoms with Crippen LogP contribution >= 0.6 is 11.3 Å². The van der Waals surface area contributed by atoms with E-state index in [1.54, 1.807) is 19.2 Å². The fourth-order valence-corrected chi connectivity index (χ4v) is 7.20. The molecule has 0 N–H and O–H groups in total. The lowest BCUT2D eigenvalue weighted by Crippen LogP contribution is -2.52. The molecule has 12 heteroatoms. The topological polar surface area (TPSA) is 82.3 Å². The van der Waals surface area contributed by atoms with Gasteiger partial charge in [-0.3, -0.25) is 9.69 Å². The second-order valence-electron chi connectivity index (χ2n) is 11.7. The summed E-state index contributed by atoms with van der Waals surface area (Å²) in [6, 6.07) is 18.3. The molecule has 1 amide bonds. The molecule has 5 aromatic rings. The minimum Gasteiger partial charge on any atom is -0.497 e. The predicted molar refractivity (Wildman–Crippen MR) is 179 cm³/mol. The van der Waals surface area contributed by atoms with Crippen LogP contribution in [0.2, 0.25) is 0 Å². The number of halogens is 1. The Kier molecular flexibility index (Phi) is 8.31. The number of amides is 1. The maximum Gasteiger partial charge on any atom is 0.240 e. The second-order valence-corrected chi connectivity index (χ2v) is 12.6. The van der Waals surface area contributed by atoms with E-state index in [4.69, 9.17) is 19.8 Å². The number of aromatic nitrogens is 4. The molecular formula is C34H37FN8O2S. The normalized spacial score (nSPS) is 17.3. The Bertz CT molecular complexity index is 1830. The standard InChI is InChI=1S/C34H37FN8O2S/c1-4-27-32(39(2)34-37-28(22-46-34)24-7-9-25(35)10-8-24)43-30(36-27)13-14-31(38-43)41-19-17-40(18-20-41)29-15-16-42(33(29)44)21-23-5-11-26(45-3)12-6-23/h5-14,22,29H,4,15-21H2,1-3H3. The maximum absolute atomic E-state index is 13.5. The lowest BCUT2D eigenvalue weighted by molar-refractivity contribution is -0.132. The molecule has 5 heterocycles. The van der Waals surface area contributed by atoms with E-state index in [1.807, 2.05) is 63.1 Å². The molecule has 7 rings (SSSR count). The van der Waals surface area contributed by atoms with Crippen molar-refractivity contribution in [1.82, 2.24) is 29.4 Å². The highest BCUT2D eigenvalue weighted by Gasteiger charge is 2.37. The Labute approximate surface area is 271 Å². The van der Waals surface area contributed by atoms with E-state index >= 15 is 0 Å². The number of fused-ring (bicyclic) bond motifs is 1. The van der Waals surface area contributed by atoms with Crippen molar-refractivity contribution in [1.29, 1.82) is 0 Å². The van der Waals surface area contributed by atoms with Crippen molar-refractivity contribution in [3.63, 3.8) is 0 Å². The number of benzene rings is 2. The number of nitrogens with zero attached hydrogens (tertiary/aromatic N) is 8. The van der Waals surface area contributed by atoms with Gasteiger partial charge in [0, 0.05) is 57.3 Å². The summed E-state index contributed by atoms with van der Waals surface area (Å²) in [7, 11) is 3.64. The third-order valence-electron chi connectivity index (χ3n) is 8.96. The zero-order chi connectivity index (χ0) is 31.8. The summed E-state index contributed by atoms with van der Waals surface area (Å²) < 4.78 is 20.6. The van der Waals surface area contributed by atoms with Gasteiger partial charge in [0.15, 0.2) is 16.6 Å².